The highest BCUT2D eigenvalue weighted by molar-refractivity contribution is 5.99. The maximum Gasteiger partial charge on any atom is 0.303 e. The summed E-state index contributed by atoms with van der Waals surface area (Å²) in [6.45, 7) is 0. The van der Waals surface area contributed by atoms with E-state index < -0.39 is 5.97 Å². The van der Waals surface area contributed by atoms with E-state index in [2.05, 4.69) is 9.97 Å². The third-order valence-electron chi connectivity index (χ3n) is 2.36. The van der Waals surface area contributed by atoms with Crippen LogP contribution >= 0.6 is 0 Å². The van der Waals surface area contributed by atoms with Crippen molar-refractivity contribution in [3.05, 3.63) is 36.2 Å². The van der Waals surface area contributed by atoms with Crippen LogP contribution in [0.25, 0.3) is 11.0 Å². The van der Waals surface area contributed by atoms with Crippen LogP contribution in [0.4, 0.5) is 0 Å². The summed E-state index contributed by atoms with van der Waals surface area (Å²) in [6, 6.07) is 4.98. The standard InChI is InChI=1S/C12H10N2O3/c15-11(3-4-12(16)17)8-1-2-9-10(7-8)14-6-5-13-9/h1-2,5-7H,3-4H2,(H,16,17). The summed E-state index contributed by atoms with van der Waals surface area (Å²) in [5.74, 6) is -1.17. The second kappa shape index (κ2) is 4.69. The number of hydrogen-bond acceptors (Lipinski definition) is 4. The lowest BCUT2D eigenvalue weighted by molar-refractivity contribution is -0.136. The van der Waals surface area contributed by atoms with Gasteiger partial charge < -0.3 is 5.11 Å². The highest BCUT2D eigenvalue weighted by atomic mass is 16.4. The van der Waals surface area contributed by atoms with Crippen LogP contribution in [0.2, 0.25) is 0 Å². The number of fused-ring (bicyclic) bond motifs is 1. The Balaban J connectivity index is 2.24. The predicted molar refractivity (Wildman–Crippen MR) is 60.7 cm³/mol. The SMILES string of the molecule is O=C(O)CCC(=O)c1ccc2nccnc2c1. The maximum absolute atomic E-state index is 11.7. The monoisotopic (exact) mass is 230 g/mol. The summed E-state index contributed by atoms with van der Waals surface area (Å²) in [4.78, 5) is 30.2. The number of nitrogens with zero attached hydrogens (tertiary/aromatic N) is 2. The minimum absolute atomic E-state index is 0.00109. The molecule has 0 aliphatic carbocycles. The van der Waals surface area contributed by atoms with Crippen molar-refractivity contribution in [2.45, 2.75) is 12.8 Å². The van der Waals surface area contributed by atoms with Crippen LogP contribution in [0.3, 0.4) is 0 Å². The van der Waals surface area contributed by atoms with Crippen molar-refractivity contribution in [3.8, 4) is 0 Å². The number of ketones is 1. The molecule has 2 aromatic rings. The van der Waals surface area contributed by atoms with E-state index in [0.29, 0.717) is 16.6 Å². The van der Waals surface area contributed by atoms with Crippen molar-refractivity contribution in [2.75, 3.05) is 0 Å². The topological polar surface area (TPSA) is 80.1 Å². The molecular formula is C12H10N2O3. The van der Waals surface area contributed by atoms with E-state index in [-0.39, 0.29) is 18.6 Å². The first-order valence-corrected chi connectivity index (χ1v) is 5.12. The van der Waals surface area contributed by atoms with Gasteiger partial charge in [0.1, 0.15) is 0 Å². The average molecular weight is 230 g/mol. The summed E-state index contributed by atoms with van der Waals surface area (Å²) in [5.41, 5.74) is 1.82. The second-order valence-corrected chi connectivity index (χ2v) is 3.58. The van der Waals surface area contributed by atoms with Gasteiger partial charge in [-0.1, -0.05) is 0 Å². The summed E-state index contributed by atoms with van der Waals surface area (Å²) >= 11 is 0. The number of aromatic nitrogens is 2. The van der Waals surface area contributed by atoms with Crippen LogP contribution in [0.5, 0.6) is 0 Å². The molecule has 0 unspecified atom stereocenters. The molecule has 0 aliphatic heterocycles. The van der Waals surface area contributed by atoms with E-state index in [1.807, 2.05) is 0 Å². The molecule has 17 heavy (non-hydrogen) atoms. The molecule has 86 valence electrons. The Labute approximate surface area is 97.1 Å². The Morgan fingerprint density at radius 2 is 1.76 bits per heavy atom. The number of carboxylic acids is 1. The van der Waals surface area contributed by atoms with Gasteiger partial charge in [-0.15, -0.1) is 0 Å². The van der Waals surface area contributed by atoms with Crippen molar-refractivity contribution in [3.63, 3.8) is 0 Å². The number of carboxylic acid groups (broad SMARTS) is 1. The number of hydrogen-bond donors (Lipinski definition) is 1. The van der Waals surface area contributed by atoms with E-state index in [4.69, 9.17) is 5.11 Å². The van der Waals surface area contributed by atoms with Crippen molar-refractivity contribution in [1.82, 2.24) is 9.97 Å². The molecule has 0 bridgehead atoms. The fourth-order valence-corrected chi connectivity index (χ4v) is 1.50. The van der Waals surface area contributed by atoms with Gasteiger partial charge in [-0.3, -0.25) is 19.6 Å². The first kappa shape index (κ1) is 11.2. The molecule has 0 radical (unpaired) electrons. The smallest absolute Gasteiger partial charge is 0.303 e. The molecule has 0 atom stereocenters. The van der Waals surface area contributed by atoms with Gasteiger partial charge in [-0.25, -0.2) is 0 Å². The third kappa shape index (κ3) is 2.63. The zero-order valence-corrected chi connectivity index (χ0v) is 8.96. The molecule has 0 aliphatic rings. The van der Waals surface area contributed by atoms with E-state index in [9.17, 15) is 9.59 Å². The van der Waals surface area contributed by atoms with Crippen molar-refractivity contribution < 1.29 is 14.7 Å². The first-order valence-electron chi connectivity index (χ1n) is 5.12. The molecule has 0 amide bonds. The van der Waals surface area contributed by atoms with Gasteiger partial charge in [0, 0.05) is 24.4 Å². The summed E-state index contributed by atoms with van der Waals surface area (Å²) in [6.07, 6.45) is 2.97. The highest BCUT2D eigenvalue weighted by Crippen LogP contribution is 2.13. The zero-order chi connectivity index (χ0) is 12.3. The van der Waals surface area contributed by atoms with E-state index in [0.717, 1.165) is 0 Å². The molecule has 2 rings (SSSR count). The fraction of sp³-hybridized carbons (Fsp3) is 0.167. The van der Waals surface area contributed by atoms with Crippen LogP contribution < -0.4 is 0 Å². The molecule has 1 N–H and O–H groups in total. The van der Waals surface area contributed by atoms with Gasteiger partial charge in [0.2, 0.25) is 0 Å². The normalized spacial score (nSPS) is 10.4. The van der Waals surface area contributed by atoms with Gasteiger partial charge in [0.15, 0.2) is 5.78 Å². The Bertz CT molecular complexity index is 581. The van der Waals surface area contributed by atoms with Crippen LogP contribution in [-0.4, -0.2) is 26.8 Å². The van der Waals surface area contributed by atoms with Crippen molar-refractivity contribution >= 4 is 22.8 Å². The molecule has 0 saturated carbocycles. The Morgan fingerprint density at radius 1 is 1.06 bits per heavy atom. The van der Waals surface area contributed by atoms with E-state index in [1.165, 1.54) is 0 Å². The first-order chi connectivity index (χ1) is 8.16. The lowest BCUT2D eigenvalue weighted by Gasteiger charge is -2.00. The Hall–Kier alpha value is -2.30. The van der Waals surface area contributed by atoms with Gasteiger partial charge in [-0.05, 0) is 18.2 Å². The van der Waals surface area contributed by atoms with E-state index in [1.54, 1.807) is 30.6 Å². The molecule has 0 saturated heterocycles. The third-order valence-corrected chi connectivity index (χ3v) is 2.36. The van der Waals surface area contributed by atoms with Crippen LogP contribution in [-0.2, 0) is 4.79 Å². The fourth-order valence-electron chi connectivity index (χ4n) is 1.50. The Morgan fingerprint density at radius 3 is 2.47 bits per heavy atom. The van der Waals surface area contributed by atoms with Crippen LogP contribution in [0.15, 0.2) is 30.6 Å². The average Bonchev–Trinajstić information content (AvgIpc) is 2.35. The summed E-state index contributed by atoms with van der Waals surface area (Å²) < 4.78 is 0. The Kier molecular flexibility index (Phi) is 3.09. The highest BCUT2D eigenvalue weighted by Gasteiger charge is 2.09. The minimum atomic E-state index is -0.973. The zero-order valence-electron chi connectivity index (χ0n) is 8.96. The number of benzene rings is 1. The quantitative estimate of drug-likeness (QED) is 0.808. The molecule has 0 fully saturated rings. The number of Topliss-reactive ketones (excluding diaryl/α,β-unsaturated/α-hetero) is 1. The molecule has 5 nitrogen and oxygen atoms in total. The maximum atomic E-state index is 11.7. The summed E-state index contributed by atoms with van der Waals surface area (Å²) in [5, 5.41) is 8.51. The number of carbonyl (C=O) groups excluding carboxylic acids is 1. The molecule has 1 aromatic carbocycles. The number of carbonyl (C=O) groups is 2. The molecule has 0 spiro atoms. The number of aliphatic carboxylic acids is 1. The lowest BCUT2D eigenvalue weighted by atomic mass is 10.1. The molecule has 1 aromatic heterocycles. The van der Waals surface area contributed by atoms with E-state index >= 15 is 0 Å². The van der Waals surface area contributed by atoms with Gasteiger partial charge in [0.05, 0.1) is 17.5 Å². The van der Waals surface area contributed by atoms with Gasteiger partial charge in [0.25, 0.3) is 0 Å². The number of rotatable bonds is 4. The minimum Gasteiger partial charge on any atom is -0.481 e. The van der Waals surface area contributed by atoms with Gasteiger partial charge >= 0.3 is 5.97 Å². The molecule has 5 heteroatoms. The van der Waals surface area contributed by atoms with Crippen molar-refractivity contribution in [2.24, 2.45) is 0 Å². The van der Waals surface area contributed by atoms with Crippen LogP contribution in [0.1, 0.15) is 23.2 Å². The lowest BCUT2D eigenvalue weighted by Crippen LogP contribution is -2.03. The predicted octanol–water partition coefficient (Wildman–Crippen LogP) is 1.68. The van der Waals surface area contributed by atoms with Gasteiger partial charge in [-0.2, -0.15) is 0 Å². The molecule has 1 heterocycles. The summed E-state index contributed by atoms with van der Waals surface area (Å²) in [7, 11) is 0. The second-order valence-electron chi connectivity index (χ2n) is 3.58. The molecular weight excluding hydrogens is 220 g/mol. The van der Waals surface area contributed by atoms with Crippen LogP contribution in [0, 0.1) is 0 Å². The van der Waals surface area contributed by atoms with Crippen molar-refractivity contribution in [1.29, 1.82) is 0 Å². The largest absolute Gasteiger partial charge is 0.481 e.